The smallest absolute Gasteiger partial charge is 0.0897 e. The number of hydrogen-bond acceptors (Lipinski definition) is 4. The third-order valence-corrected chi connectivity index (χ3v) is 3.46. The highest BCUT2D eigenvalue weighted by molar-refractivity contribution is 7.99. The maximum atomic E-state index is 9.64. The molecule has 0 aromatic carbocycles. The fraction of sp³-hybridized carbons (Fsp3) is 0.857. The molecule has 0 rings (SSSR count). The lowest BCUT2D eigenvalue weighted by atomic mass is 10.2. The average molecular weight is 275 g/mol. The number of rotatable bonds is 14. The van der Waals surface area contributed by atoms with Crippen LogP contribution >= 0.6 is 11.8 Å². The second-order valence-corrected chi connectivity index (χ2v) is 5.51. The minimum atomic E-state index is -0.388. The molecule has 3 nitrogen and oxygen atoms in total. The number of aliphatic hydroxyl groups excluding tert-OH is 1. The Hall–Kier alpha value is -0.0300. The van der Waals surface area contributed by atoms with Gasteiger partial charge in [0.05, 0.1) is 12.7 Å². The first-order valence-electron chi connectivity index (χ1n) is 6.96. The van der Waals surface area contributed by atoms with Crippen LogP contribution in [0, 0.1) is 0 Å². The van der Waals surface area contributed by atoms with Crippen LogP contribution in [0.1, 0.15) is 32.6 Å². The highest BCUT2D eigenvalue weighted by Crippen LogP contribution is 1.99. The van der Waals surface area contributed by atoms with Crippen LogP contribution < -0.4 is 5.32 Å². The SMILES string of the molecule is C=CCSCCNCC(O)COCCCCCC. The summed E-state index contributed by atoms with van der Waals surface area (Å²) >= 11 is 1.84. The highest BCUT2D eigenvalue weighted by Gasteiger charge is 2.02. The standard InChI is InChI=1S/C14H29NO2S/c1-3-5-6-7-9-17-13-14(16)12-15-8-11-18-10-4-2/h4,14-16H,2-3,5-13H2,1H3. The van der Waals surface area contributed by atoms with Gasteiger partial charge >= 0.3 is 0 Å². The predicted octanol–water partition coefficient (Wildman–Crippen LogP) is 2.45. The molecule has 0 saturated heterocycles. The maximum absolute atomic E-state index is 9.64. The first-order chi connectivity index (χ1) is 8.81. The molecule has 1 unspecified atom stereocenters. The molecular formula is C14H29NO2S. The van der Waals surface area contributed by atoms with E-state index in [1.165, 1.54) is 19.3 Å². The summed E-state index contributed by atoms with van der Waals surface area (Å²) in [6.07, 6.45) is 6.37. The van der Waals surface area contributed by atoms with Crippen molar-refractivity contribution >= 4 is 11.8 Å². The van der Waals surface area contributed by atoms with E-state index in [9.17, 15) is 5.11 Å². The fourth-order valence-corrected chi connectivity index (χ4v) is 2.11. The van der Waals surface area contributed by atoms with Crippen LogP contribution in [0.5, 0.6) is 0 Å². The zero-order valence-corrected chi connectivity index (χ0v) is 12.5. The van der Waals surface area contributed by atoms with E-state index in [1.807, 2.05) is 17.8 Å². The molecule has 1 atom stereocenters. The molecule has 0 spiro atoms. The number of aliphatic hydroxyl groups is 1. The first kappa shape index (κ1) is 18.0. The third kappa shape index (κ3) is 14.0. The van der Waals surface area contributed by atoms with Gasteiger partial charge in [0.1, 0.15) is 0 Å². The highest BCUT2D eigenvalue weighted by atomic mass is 32.2. The molecule has 0 amide bonds. The molecule has 0 fully saturated rings. The Morgan fingerprint density at radius 2 is 2.22 bits per heavy atom. The number of ether oxygens (including phenoxy) is 1. The summed E-state index contributed by atoms with van der Waals surface area (Å²) in [6, 6.07) is 0. The van der Waals surface area contributed by atoms with Gasteiger partial charge in [0.15, 0.2) is 0 Å². The Labute approximate surface area is 116 Å². The van der Waals surface area contributed by atoms with E-state index < -0.39 is 0 Å². The van der Waals surface area contributed by atoms with E-state index >= 15 is 0 Å². The second kappa shape index (κ2) is 15.0. The molecular weight excluding hydrogens is 246 g/mol. The van der Waals surface area contributed by atoms with Crippen molar-refractivity contribution in [3.63, 3.8) is 0 Å². The van der Waals surface area contributed by atoms with Crippen molar-refractivity contribution in [3.05, 3.63) is 12.7 Å². The van der Waals surface area contributed by atoms with Gasteiger partial charge in [-0.2, -0.15) is 11.8 Å². The van der Waals surface area contributed by atoms with Crippen LogP contribution in [-0.2, 0) is 4.74 Å². The molecule has 2 N–H and O–H groups in total. The summed E-state index contributed by atoms with van der Waals surface area (Å²) < 4.78 is 5.43. The van der Waals surface area contributed by atoms with Crippen molar-refractivity contribution < 1.29 is 9.84 Å². The third-order valence-electron chi connectivity index (χ3n) is 2.49. The van der Waals surface area contributed by atoms with E-state index in [0.717, 1.165) is 31.1 Å². The van der Waals surface area contributed by atoms with Crippen LogP contribution in [0.15, 0.2) is 12.7 Å². The van der Waals surface area contributed by atoms with Crippen LogP contribution in [-0.4, -0.2) is 49.0 Å². The largest absolute Gasteiger partial charge is 0.389 e. The Morgan fingerprint density at radius 3 is 2.94 bits per heavy atom. The van der Waals surface area contributed by atoms with Crippen molar-refractivity contribution in [1.82, 2.24) is 5.32 Å². The topological polar surface area (TPSA) is 41.5 Å². The molecule has 0 aromatic heterocycles. The van der Waals surface area contributed by atoms with Crippen molar-refractivity contribution in [2.75, 3.05) is 37.8 Å². The zero-order chi connectivity index (χ0) is 13.5. The quantitative estimate of drug-likeness (QED) is 0.377. The molecule has 4 heteroatoms. The Bertz CT molecular complexity index is 179. The van der Waals surface area contributed by atoms with Gasteiger partial charge in [0.2, 0.25) is 0 Å². The van der Waals surface area contributed by atoms with Crippen LogP contribution in [0.3, 0.4) is 0 Å². The van der Waals surface area contributed by atoms with Gasteiger partial charge < -0.3 is 15.2 Å². The lowest BCUT2D eigenvalue weighted by molar-refractivity contribution is 0.0358. The first-order valence-corrected chi connectivity index (χ1v) is 8.11. The molecule has 0 aromatic rings. The normalized spacial score (nSPS) is 12.6. The summed E-state index contributed by atoms with van der Waals surface area (Å²) in [5.74, 6) is 2.04. The molecule has 0 bridgehead atoms. The van der Waals surface area contributed by atoms with E-state index in [-0.39, 0.29) is 6.10 Å². The summed E-state index contributed by atoms with van der Waals surface area (Å²) in [5.41, 5.74) is 0. The number of thioether (sulfide) groups is 1. The van der Waals surface area contributed by atoms with Gasteiger partial charge in [-0.25, -0.2) is 0 Å². The molecule has 0 aliphatic rings. The zero-order valence-electron chi connectivity index (χ0n) is 11.7. The molecule has 0 heterocycles. The van der Waals surface area contributed by atoms with E-state index in [4.69, 9.17) is 4.74 Å². The fourth-order valence-electron chi connectivity index (χ4n) is 1.49. The lowest BCUT2D eigenvalue weighted by Crippen LogP contribution is -2.31. The summed E-state index contributed by atoms with van der Waals surface area (Å²) in [7, 11) is 0. The number of hydrogen-bond donors (Lipinski definition) is 2. The van der Waals surface area contributed by atoms with E-state index in [0.29, 0.717) is 13.2 Å². The van der Waals surface area contributed by atoms with Crippen molar-refractivity contribution in [3.8, 4) is 0 Å². The van der Waals surface area contributed by atoms with Crippen molar-refractivity contribution in [2.24, 2.45) is 0 Å². The Morgan fingerprint density at radius 1 is 1.39 bits per heavy atom. The minimum Gasteiger partial charge on any atom is -0.389 e. The number of nitrogens with one attached hydrogen (secondary N) is 1. The van der Waals surface area contributed by atoms with Gasteiger partial charge in [-0.3, -0.25) is 0 Å². The molecule has 108 valence electrons. The Balaban J connectivity index is 3.12. The molecule has 0 aliphatic heterocycles. The van der Waals surface area contributed by atoms with E-state index in [1.54, 1.807) is 0 Å². The monoisotopic (exact) mass is 275 g/mol. The van der Waals surface area contributed by atoms with Crippen molar-refractivity contribution in [1.29, 1.82) is 0 Å². The number of unbranched alkanes of at least 4 members (excludes halogenated alkanes) is 3. The summed E-state index contributed by atoms with van der Waals surface area (Å²) in [6.45, 7) is 8.62. The van der Waals surface area contributed by atoms with Gasteiger partial charge in [-0.05, 0) is 6.42 Å². The van der Waals surface area contributed by atoms with Crippen molar-refractivity contribution in [2.45, 2.75) is 38.7 Å². The average Bonchev–Trinajstić information content (AvgIpc) is 2.38. The summed E-state index contributed by atoms with van der Waals surface area (Å²) in [4.78, 5) is 0. The summed E-state index contributed by atoms with van der Waals surface area (Å²) in [5, 5.41) is 12.9. The van der Waals surface area contributed by atoms with Crippen LogP contribution in [0.25, 0.3) is 0 Å². The molecule has 0 aliphatic carbocycles. The van der Waals surface area contributed by atoms with Gasteiger partial charge in [-0.1, -0.05) is 32.3 Å². The Kier molecular flexibility index (Phi) is 15.0. The van der Waals surface area contributed by atoms with Gasteiger partial charge in [0.25, 0.3) is 0 Å². The minimum absolute atomic E-state index is 0.388. The van der Waals surface area contributed by atoms with Gasteiger partial charge in [0, 0.05) is 31.2 Å². The van der Waals surface area contributed by atoms with E-state index in [2.05, 4.69) is 18.8 Å². The van der Waals surface area contributed by atoms with Gasteiger partial charge in [-0.15, -0.1) is 6.58 Å². The molecule has 0 saturated carbocycles. The van der Waals surface area contributed by atoms with Crippen LogP contribution in [0.4, 0.5) is 0 Å². The van der Waals surface area contributed by atoms with Crippen LogP contribution in [0.2, 0.25) is 0 Å². The maximum Gasteiger partial charge on any atom is 0.0897 e. The molecule has 18 heavy (non-hydrogen) atoms. The second-order valence-electron chi connectivity index (χ2n) is 4.36. The predicted molar refractivity (Wildman–Crippen MR) is 81.4 cm³/mol. The molecule has 0 radical (unpaired) electrons. The lowest BCUT2D eigenvalue weighted by Gasteiger charge is -2.12.